The van der Waals surface area contributed by atoms with E-state index in [1.165, 1.54) is 12.1 Å². The molecule has 148 valence electrons. The van der Waals surface area contributed by atoms with Crippen LogP contribution in [0.3, 0.4) is 0 Å². The van der Waals surface area contributed by atoms with E-state index in [0.29, 0.717) is 19.0 Å². The van der Waals surface area contributed by atoms with Gasteiger partial charge in [-0.1, -0.05) is 13.8 Å². The van der Waals surface area contributed by atoms with Crippen LogP contribution in [0.1, 0.15) is 25.1 Å². The third-order valence-electron chi connectivity index (χ3n) is 4.27. The van der Waals surface area contributed by atoms with Crippen LogP contribution in [0, 0.1) is 11.7 Å². The van der Waals surface area contributed by atoms with Crippen LogP contribution in [-0.2, 0) is 19.6 Å². The van der Waals surface area contributed by atoms with Crippen LogP contribution in [0.25, 0.3) is 5.69 Å². The number of aromatic nitrogens is 4. The molecule has 1 N–H and O–H groups in total. The summed E-state index contributed by atoms with van der Waals surface area (Å²) in [5, 5.41) is 7.20. The second kappa shape index (κ2) is 8.69. The number of carbonyl (C=O) groups excluding carboxylic acids is 1. The second-order valence-electron chi connectivity index (χ2n) is 7.22. The average Bonchev–Trinajstić information content (AvgIpc) is 3.29. The van der Waals surface area contributed by atoms with Crippen LogP contribution in [-0.4, -0.2) is 37.3 Å². The van der Waals surface area contributed by atoms with Crippen molar-refractivity contribution in [2.24, 2.45) is 5.92 Å². The van der Waals surface area contributed by atoms with Crippen LogP contribution in [0.2, 0.25) is 0 Å². The van der Waals surface area contributed by atoms with Crippen molar-refractivity contribution in [3.05, 3.63) is 66.3 Å². The Morgan fingerprint density at radius 2 is 2.00 bits per heavy atom. The second-order valence-corrected chi connectivity index (χ2v) is 7.22. The summed E-state index contributed by atoms with van der Waals surface area (Å²) in [5.41, 5.74) is 2.62. The Bertz CT molecular complexity index is 915. The van der Waals surface area contributed by atoms with Crippen molar-refractivity contribution in [1.82, 2.24) is 29.5 Å². The Morgan fingerprint density at radius 1 is 1.25 bits per heavy atom. The van der Waals surface area contributed by atoms with Gasteiger partial charge in [0.1, 0.15) is 5.82 Å². The molecule has 2 aromatic heterocycles. The molecule has 2 amide bonds. The van der Waals surface area contributed by atoms with Gasteiger partial charge in [-0.3, -0.25) is 0 Å². The van der Waals surface area contributed by atoms with E-state index >= 15 is 0 Å². The Morgan fingerprint density at radius 3 is 2.71 bits per heavy atom. The Labute approximate surface area is 163 Å². The van der Waals surface area contributed by atoms with Gasteiger partial charge >= 0.3 is 6.03 Å². The first kappa shape index (κ1) is 19.6. The molecule has 3 rings (SSSR count). The minimum absolute atomic E-state index is 0.174. The van der Waals surface area contributed by atoms with Crippen LogP contribution >= 0.6 is 0 Å². The van der Waals surface area contributed by atoms with E-state index in [1.54, 1.807) is 47.5 Å². The summed E-state index contributed by atoms with van der Waals surface area (Å²) in [6, 6.07) is 5.92. The molecule has 0 bridgehead atoms. The molecule has 28 heavy (non-hydrogen) atoms. The van der Waals surface area contributed by atoms with Crippen molar-refractivity contribution in [1.29, 1.82) is 0 Å². The molecule has 0 aliphatic carbocycles. The van der Waals surface area contributed by atoms with E-state index in [-0.39, 0.29) is 11.8 Å². The van der Waals surface area contributed by atoms with Gasteiger partial charge in [-0.05, 0) is 30.2 Å². The average molecular weight is 384 g/mol. The lowest BCUT2D eigenvalue weighted by Gasteiger charge is -2.18. The monoisotopic (exact) mass is 384 g/mol. The van der Waals surface area contributed by atoms with Crippen LogP contribution < -0.4 is 5.32 Å². The number of urea groups is 1. The fraction of sp³-hybridized carbons (Fsp3) is 0.350. The van der Waals surface area contributed by atoms with Gasteiger partial charge < -0.3 is 14.8 Å². The number of hydrogen-bond donors (Lipinski definition) is 1. The molecule has 0 aliphatic heterocycles. The highest BCUT2D eigenvalue weighted by Crippen LogP contribution is 2.11. The van der Waals surface area contributed by atoms with Gasteiger partial charge in [-0.15, -0.1) is 0 Å². The summed E-state index contributed by atoms with van der Waals surface area (Å²) in [6.45, 7) is 5.98. The van der Waals surface area contributed by atoms with E-state index in [9.17, 15) is 9.18 Å². The zero-order valence-corrected chi connectivity index (χ0v) is 16.3. The molecule has 0 saturated carbocycles. The first-order valence-electron chi connectivity index (χ1n) is 9.20. The van der Waals surface area contributed by atoms with Crippen molar-refractivity contribution in [2.75, 3.05) is 7.05 Å². The quantitative estimate of drug-likeness (QED) is 0.680. The zero-order chi connectivity index (χ0) is 20.1. The molecule has 7 nitrogen and oxygen atoms in total. The number of halogens is 1. The zero-order valence-electron chi connectivity index (χ0n) is 16.3. The third-order valence-corrected chi connectivity index (χ3v) is 4.27. The standard InChI is InChI=1S/C20H25FN6O/c1-15(2)11-26-14-22-9-19(26)10-23-20(28)25(3)12-16-8-24-27(13-16)18-6-4-17(21)5-7-18/h4-9,13-15H,10-12H2,1-3H3,(H,23,28). The number of rotatable bonds is 7. The highest BCUT2D eigenvalue weighted by molar-refractivity contribution is 5.73. The molecule has 2 heterocycles. The maximum Gasteiger partial charge on any atom is 0.317 e. The molecule has 1 aromatic carbocycles. The minimum atomic E-state index is -0.290. The van der Waals surface area contributed by atoms with E-state index in [1.807, 2.05) is 6.20 Å². The summed E-state index contributed by atoms with van der Waals surface area (Å²) >= 11 is 0. The number of benzene rings is 1. The molecule has 0 atom stereocenters. The van der Waals surface area contributed by atoms with Gasteiger partial charge in [0.25, 0.3) is 0 Å². The summed E-state index contributed by atoms with van der Waals surface area (Å²) in [6.07, 6.45) is 7.09. The van der Waals surface area contributed by atoms with E-state index in [4.69, 9.17) is 0 Å². The van der Waals surface area contributed by atoms with Gasteiger partial charge in [0.2, 0.25) is 0 Å². The molecule has 0 unspecified atom stereocenters. The lowest BCUT2D eigenvalue weighted by molar-refractivity contribution is 0.206. The number of carbonyl (C=O) groups is 1. The molecule has 0 spiro atoms. The predicted molar refractivity (Wildman–Crippen MR) is 104 cm³/mol. The van der Waals surface area contributed by atoms with Gasteiger partial charge in [0, 0.05) is 31.5 Å². The fourth-order valence-corrected chi connectivity index (χ4v) is 2.88. The molecule has 8 heteroatoms. The molecule has 0 saturated heterocycles. The molecular weight excluding hydrogens is 359 g/mol. The lowest BCUT2D eigenvalue weighted by Crippen LogP contribution is -2.36. The van der Waals surface area contributed by atoms with Gasteiger partial charge in [0.15, 0.2) is 0 Å². The minimum Gasteiger partial charge on any atom is -0.333 e. The maximum absolute atomic E-state index is 13.0. The Kier molecular flexibility index (Phi) is 6.08. The summed E-state index contributed by atoms with van der Waals surface area (Å²) < 4.78 is 16.8. The topological polar surface area (TPSA) is 68.0 Å². The molecule has 3 aromatic rings. The van der Waals surface area contributed by atoms with Crippen molar-refractivity contribution in [3.8, 4) is 5.69 Å². The molecular formula is C20H25FN6O. The highest BCUT2D eigenvalue weighted by atomic mass is 19.1. The summed E-state index contributed by atoms with van der Waals surface area (Å²) in [5.74, 6) is 0.214. The SMILES string of the molecule is CC(C)Cn1cncc1CNC(=O)N(C)Cc1cnn(-c2ccc(F)cc2)c1. The predicted octanol–water partition coefficient (Wildman–Crippen LogP) is 3.21. The molecule has 0 aliphatic rings. The van der Waals surface area contributed by atoms with Crippen molar-refractivity contribution >= 4 is 6.03 Å². The summed E-state index contributed by atoms with van der Waals surface area (Å²) in [7, 11) is 1.73. The highest BCUT2D eigenvalue weighted by Gasteiger charge is 2.12. The van der Waals surface area contributed by atoms with E-state index in [0.717, 1.165) is 23.5 Å². The maximum atomic E-state index is 13.0. The van der Waals surface area contributed by atoms with Crippen molar-refractivity contribution in [2.45, 2.75) is 33.5 Å². The first-order chi connectivity index (χ1) is 13.4. The first-order valence-corrected chi connectivity index (χ1v) is 9.20. The van der Waals surface area contributed by atoms with Crippen LogP contribution in [0.15, 0.2) is 49.2 Å². The van der Waals surface area contributed by atoms with Crippen LogP contribution in [0.4, 0.5) is 9.18 Å². The van der Waals surface area contributed by atoms with E-state index < -0.39 is 0 Å². The normalized spacial score (nSPS) is 11.0. The number of nitrogens with one attached hydrogen (secondary N) is 1. The summed E-state index contributed by atoms with van der Waals surface area (Å²) in [4.78, 5) is 18.2. The van der Waals surface area contributed by atoms with Gasteiger partial charge in [-0.2, -0.15) is 5.10 Å². The number of imidazole rings is 1. The van der Waals surface area contributed by atoms with Crippen molar-refractivity contribution < 1.29 is 9.18 Å². The Balaban J connectivity index is 1.55. The van der Waals surface area contributed by atoms with Gasteiger partial charge in [-0.25, -0.2) is 18.9 Å². The van der Waals surface area contributed by atoms with Crippen LogP contribution in [0.5, 0.6) is 0 Å². The number of amides is 2. The van der Waals surface area contributed by atoms with Crippen molar-refractivity contribution in [3.63, 3.8) is 0 Å². The molecule has 0 fully saturated rings. The number of hydrogen-bond acceptors (Lipinski definition) is 3. The number of nitrogens with zero attached hydrogens (tertiary/aromatic N) is 5. The fourth-order valence-electron chi connectivity index (χ4n) is 2.88. The lowest BCUT2D eigenvalue weighted by atomic mass is 10.2. The van der Waals surface area contributed by atoms with Gasteiger partial charge in [0.05, 0.1) is 37.0 Å². The Hall–Kier alpha value is -3.16. The molecule has 0 radical (unpaired) electrons. The van der Waals surface area contributed by atoms with E-state index in [2.05, 4.69) is 33.8 Å². The smallest absolute Gasteiger partial charge is 0.317 e. The third kappa shape index (κ3) is 4.97. The largest absolute Gasteiger partial charge is 0.333 e.